The van der Waals surface area contributed by atoms with Crippen molar-refractivity contribution in [3.8, 4) is 17.2 Å². The normalized spacial score (nSPS) is 18.2. The average Bonchev–Trinajstić information content (AvgIpc) is 3.77. The van der Waals surface area contributed by atoms with Crippen LogP contribution in [-0.2, 0) is 21.8 Å². The minimum Gasteiger partial charge on any atom is -0.507 e. The molecule has 1 fully saturated rings. The Kier molecular flexibility index (Phi) is 10.3. The van der Waals surface area contributed by atoms with Crippen molar-refractivity contribution < 1.29 is 33.3 Å². The SMILES string of the molecule is CCCCCOc1ccc([C@@H]2C(=C(O)c3ccc4c(c3)C[C@H](C)O4)C(=O)C(=O)N2c2nnc(SCc3ccc(F)cc3)s2)cc1OCC. The molecule has 3 heterocycles. The Balaban J connectivity index is 1.39. The predicted molar refractivity (Wildman–Crippen MR) is 184 cm³/mol. The number of carbonyl (C=O) groups is 2. The van der Waals surface area contributed by atoms with Gasteiger partial charge in [-0.25, -0.2) is 4.39 Å². The molecule has 2 atom stereocenters. The number of benzene rings is 3. The molecule has 3 aromatic carbocycles. The van der Waals surface area contributed by atoms with Crippen LogP contribution in [-0.4, -0.2) is 46.3 Å². The molecule has 48 heavy (non-hydrogen) atoms. The van der Waals surface area contributed by atoms with Gasteiger partial charge in [0.1, 0.15) is 23.4 Å². The lowest BCUT2D eigenvalue weighted by Gasteiger charge is -2.23. The van der Waals surface area contributed by atoms with Gasteiger partial charge in [0.05, 0.1) is 24.8 Å². The van der Waals surface area contributed by atoms with Gasteiger partial charge in [-0.05, 0) is 79.4 Å². The summed E-state index contributed by atoms with van der Waals surface area (Å²) >= 11 is 2.54. The second kappa shape index (κ2) is 14.8. The molecule has 2 aliphatic heterocycles. The van der Waals surface area contributed by atoms with E-state index in [1.807, 2.05) is 13.8 Å². The molecule has 1 N–H and O–H groups in total. The Morgan fingerprint density at radius 3 is 2.62 bits per heavy atom. The summed E-state index contributed by atoms with van der Waals surface area (Å²) in [5.41, 5.74) is 2.68. The van der Waals surface area contributed by atoms with E-state index >= 15 is 0 Å². The van der Waals surface area contributed by atoms with E-state index in [-0.39, 0.29) is 28.4 Å². The van der Waals surface area contributed by atoms with Crippen molar-refractivity contribution in [2.24, 2.45) is 0 Å². The van der Waals surface area contributed by atoms with Crippen molar-refractivity contribution in [3.63, 3.8) is 0 Å². The molecule has 12 heteroatoms. The number of hydrogen-bond acceptors (Lipinski definition) is 10. The first-order valence-corrected chi connectivity index (χ1v) is 17.8. The first kappa shape index (κ1) is 33.5. The van der Waals surface area contributed by atoms with Crippen LogP contribution < -0.4 is 19.1 Å². The number of halogens is 1. The maximum Gasteiger partial charge on any atom is 0.301 e. The van der Waals surface area contributed by atoms with Crippen molar-refractivity contribution in [3.05, 3.63) is 94.3 Å². The quantitative estimate of drug-likeness (QED) is 0.0374. The molecule has 0 aliphatic carbocycles. The van der Waals surface area contributed by atoms with Gasteiger partial charge in [0, 0.05) is 17.7 Å². The highest BCUT2D eigenvalue weighted by Crippen LogP contribution is 2.46. The summed E-state index contributed by atoms with van der Waals surface area (Å²) in [6.07, 6.45) is 3.65. The van der Waals surface area contributed by atoms with Gasteiger partial charge < -0.3 is 19.3 Å². The maximum absolute atomic E-state index is 13.8. The van der Waals surface area contributed by atoms with Gasteiger partial charge >= 0.3 is 5.91 Å². The maximum atomic E-state index is 13.8. The second-order valence-electron chi connectivity index (χ2n) is 11.6. The van der Waals surface area contributed by atoms with E-state index < -0.39 is 17.7 Å². The van der Waals surface area contributed by atoms with Gasteiger partial charge in [0.2, 0.25) is 5.13 Å². The number of aliphatic hydroxyl groups is 1. The molecule has 2 aliphatic rings. The molecular weight excluding hydrogens is 654 g/mol. The highest BCUT2D eigenvalue weighted by Gasteiger charge is 2.48. The van der Waals surface area contributed by atoms with E-state index in [2.05, 4.69) is 17.1 Å². The Morgan fingerprint density at radius 1 is 1.04 bits per heavy atom. The predicted octanol–water partition coefficient (Wildman–Crippen LogP) is 7.89. The van der Waals surface area contributed by atoms with E-state index in [4.69, 9.17) is 14.2 Å². The number of hydrogen-bond donors (Lipinski definition) is 1. The van der Waals surface area contributed by atoms with Crippen LogP contribution in [0.15, 0.2) is 70.6 Å². The number of fused-ring (bicyclic) bond motifs is 1. The molecule has 1 amide bonds. The van der Waals surface area contributed by atoms with Crippen LogP contribution in [0, 0.1) is 5.82 Å². The largest absolute Gasteiger partial charge is 0.507 e. The Hall–Kier alpha value is -4.42. The summed E-state index contributed by atoms with van der Waals surface area (Å²) in [7, 11) is 0. The Morgan fingerprint density at radius 2 is 1.85 bits per heavy atom. The number of thioether (sulfide) groups is 1. The number of amides is 1. The van der Waals surface area contributed by atoms with E-state index in [9.17, 15) is 19.1 Å². The molecule has 0 unspecified atom stereocenters. The van der Waals surface area contributed by atoms with Crippen molar-refractivity contribution >= 4 is 45.7 Å². The molecule has 250 valence electrons. The first-order chi connectivity index (χ1) is 23.3. The molecule has 1 aromatic heterocycles. The third kappa shape index (κ3) is 7.05. The van der Waals surface area contributed by atoms with Crippen LogP contribution in [0.25, 0.3) is 5.76 Å². The molecule has 1 saturated heterocycles. The van der Waals surface area contributed by atoms with Gasteiger partial charge in [-0.2, -0.15) is 0 Å². The van der Waals surface area contributed by atoms with Crippen molar-refractivity contribution in [2.75, 3.05) is 18.1 Å². The van der Waals surface area contributed by atoms with E-state index in [0.29, 0.717) is 52.4 Å². The van der Waals surface area contributed by atoms with Gasteiger partial charge in [-0.1, -0.05) is 61.1 Å². The number of ketones is 1. The number of aromatic nitrogens is 2. The van der Waals surface area contributed by atoms with Crippen LogP contribution in [0.4, 0.5) is 9.52 Å². The lowest BCUT2D eigenvalue weighted by atomic mass is 9.94. The summed E-state index contributed by atoms with van der Waals surface area (Å²) in [5.74, 6) is -0.0215. The Bertz CT molecular complexity index is 1840. The van der Waals surface area contributed by atoms with Crippen molar-refractivity contribution in [2.45, 2.75) is 68.7 Å². The summed E-state index contributed by atoms with van der Waals surface area (Å²) < 4.78 is 31.8. The third-order valence-corrected chi connectivity index (χ3v) is 10.2. The van der Waals surface area contributed by atoms with Crippen molar-refractivity contribution in [1.82, 2.24) is 10.2 Å². The minimum atomic E-state index is -1.02. The van der Waals surface area contributed by atoms with Crippen LogP contribution in [0.5, 0.6) is 17.2 Å². The fourth-order valence-electron chi connectivity index (χ4n) is 5.77. The smallest absolute Gasteiger partial charge is 0.301 e. The number of aliphatic hydroxyl groups excluding tert-OH is 1. The molecule has 0 radical (unpaired) electrons. The standard InChI is InChI=1S/C36H36FN3O6S2/c1-4-6-7-16-45-28-15-10-23(19-29(28)44-5-2)31-30(32(41)24-11-14-27-25(18-24)17-21(3)46-27)33(42)34(43)40(31)35-38-39-36(48-35)47-20-22-8-12-26(37)13-9-22/h8-15,18-19,21,31,41H,4-7,16-17,20H2,1-3H3/t21-,31+/m0/s1. The minimum absolute atomic E-state index is 0.00445. The molecule has 9 nitrogen and oxygen atoms in total. The van der Waals surface area contributed by atoms with Gasteiger partial charge in [0.25, 0.3) is 5.78 Å². The highest BCUT2D eigenvalue weighted by atomic mass is 32.2. The monoisotopic (exact) mass is 689 g/mol. The molecule has 0 spiro atoms. The average molecular weight is 690 g/mol. The van der Waals surface area contributed by atoms with E-state index in [0.717, 1.165) is 47.5 Å². The molecular formula is C36H36FN3O6S2. The molecule has 0 bridgehead atoms. The van der Waals surface area contributed by atoms with Gasteiger partial charge in [-0.15, -0.1) is 10.2 Å². The number of carbonyl (C=O) groups excluding carboxylic acids is 2. The fourth-order valence-corrected chi connectivity index (χ4v) is 7.59. The van der Waals surface area contributed by atoms with Crippen LogP contribution in [0.2, 0.25) is 0 Å². The zero-order valence-corrected chi connectivity index (χ0v) is 28.5. The summed E-state index contributed by atoms with van der Waals surface area (Å²) in [5, 5.41) is 20.5. The van der Waals surface area contributed by atoms with Gasteiger partial charge in [-0.3, -0.25) is 14.5 Å². The lowest BCUT2D eigenvalue weighted by Crippen LogP contribution is -2.29. The number of anilines is 1. The fraction of sp³-hybridized carbons (Fsp3) is 0.333. The number of unbranched alkanes of at least 4 members (excludes halogenated alkanes) is 2. The third-order valence-electron chi connectivity index (χ3n) is 8.08. The summed E-state index contributed by atoms with van der Waals surface area (Å²) in [6.45, 7) is 6.85. The van der Waals surface area contributed by atoms with Crippen LogP contribution in [0.1, 0.15) is 68.3 Å². The second-order valence-corrected chi connectivity index (χ2v) is 13.8. The van der Waals surface area contributed by atoms with Gasteiger partial charge in [0.15, 0.2) is 15.8 Å². The topological polar surface area (TPSA) is 111 Å². The summed E-state index contributed by atoms with van der Waals surface area (Å²) in [4.78, 5) is 28.9. The number of nitrogens with zero attached hydrogens (tertiary/aromatic N) is 3. The molecule has 4 aromatic rings. The summed E-state index contributed by atoms with van der Waals surface area (Å²) in [6, 6.07) is 15.7. The number of Topliss-reactive ketones (excluding diaryl/α,β-unsaturated/α-hetero) is 1. The highest BCUT2D eigenvalue weighted by molar-refractivity contribution is 8.00. The zero-order chi connectivity index (χ0) is 33.8. The molecule has 6 rings (SSSR count). The number of ether oxygens (including phenoxy) is 3. The number of rotatable bonds is 13. The first-order valence-electron chi connectivity index (χ1n) is 16.0. The Labute approximate surface area is 286 Å². The van der Waals surface area contributed by atoms with Crippen LogP contribution >= 0.6 is 23.1 Å². The van der Waals surface area contributed by atoms with Crippen molar-refractivity contribution in [1.29, 1.82) is 0 Å². The zero-order valence-electron chi connectivity index (χ0n) is 26.9. The lowest BCUT2D eigenvalue weighted by molar-refractivity contribution is -0.132. The van der Waals surface area contributed by atoms with E-state index in [1.165, 1.54) is 28.8 Å². The van der Waals surface area contributed by atoms with E-state index in [1.54, 1.807) is 48.5 Å². The molecule has 0 saturated carbocycles. The van der Waals surface area contributed by atoms with Crippen LogP contribution in [0.3, 0.4) is 0 Å².